The quantitative estimate of drug-likeness (QED) is 0.193. The highest BCUT2D eigenvalue weighted by Gasteiger charge is 2.56. The molecule has 0 bridgehead atoms. The second kappa shape index (κ2) is 9.76. The SMILES string of the molecule is O=C1OC2(CCC3(CC2)OC(=O)C(=Cc2ccc([N+](=O)[O-])cc2)C(=O)O3)OC(=O)C1=Cc1ccc(C(=O)O)cc1. The number of carboxylic acids is 1. The summed E-state index contributed by atoms with van der Waals surface area (Å²) < 4.78 is 21.8. The number of nitro benzene ring substituents is 1. The molecule has 0 radical (unpaired) electrons. The summed E-state index contributed by atoms with van der Waals surface area (Å²) in [5.41, 5.74) is -0.190. The molecular formula is C27H19NO12. The fourth-order valence-corrected chi connectivity index (χ4v) is 4.51. The van der Waals surface area contributed by atoms with E-state index < -0.39 is 51.9 Å². The van der Waals surface area contributed by atoms with E-state index in [9.17, 15) is 34.1 Å². The van der Waals surface area contributed by atoms with Crippen molar-refractivity contribution in [1.29, 1.82) is 0 Å². The van der Waals surface area contributed by atoms with Crippen molar-refractivity contribution in [3.05, 3.63) is 86.5 Å². The van der Waals surface area contributed by atoms with Crippen molar-refractivity contribution >= 4 is 47.7 Å². The minimum absolute atomic E-state index is 0.0316. The van der Waals surface area contributed by atoms with Gasteiger partial charge in [0, 0.05) is 37.8 Å². The number of nitro groups is 1. The number of esters is 4. The van der Waals surface area contributed by atoms with Crippen LogP contribution in [0.4, 0.5) is 5.69 Å². The number of carboxylic acid groups (broad SMARTS) is 1. The lowest BCUT2D eigenvalue weighted by atomic mass is 9.87. The van der Waals surface area contributed by atoms with Crippen molar-refractivity contribution < 1.29 is 52.9 Å². The van der Waals surface area contributed by atoms with Crippen LogP contribution in [0.25, 0.3) is 12.2 Å². The zero-order chi connectivity index (χ0) is 28.7. The van der Waals surface area contributed by atoms with Crippen LogP contribution in [0.1, 0.15) is 47.2 Å². The number of carbonyl (C=O) groups excluding carboxylic acids is 4. The summed E-state index contributed by atoms with van der Waals surface area (Å²) in [5, 5.41) is 19.8. The lowest BCUT2D eigenvalue weighted by molar-refractivity contribution is -0.384. The number of nitrogens with zero attached hydrogens (tertiary/aromatic N) is 1. The first-order valence-electron chi connectivity index (χ1n) is 11.9. The van der Waals surface area contributed by atoms with Crippen molar-refractivity contribution in [1.82, 2.24) is 0 Å². The molecule has 204 valence electrons. The molecule has 0 unspecified atom stereocenters. The Labute approximate surface area is 224 Å². The van der Waals surface area contributed by atoms with Crippen molar-refractivity contribution in [3.63, 3.8) is 0 Å². The molecule has 3 aliphatic rings. The van der Waals surface area contributed by atoms with Crippen LogP contribution in [-0.2, 0) is 38.1 Å². The van der Waals surface area contributed by atoms with Gasteiger partial charge in [-0.05, 0) is 47.5 Å². The largest absolute Gasteiger partial charge is 0.478 e. The van der Waals surface area contributed by atoms with Crippen molar-refractivity contribution in [2.45, 2.75) is 37.3 Å². The first-order valence-corrected chi connectivity index (χ1v) is 11.9. The van der Waals surface area contributed by atoms with Crippen molar-refractivity contribution in [2.24, 2.45) is 0 Å². The van der Waals surface area contributed by atoms with E-state index in [0.29, 0.717) is 11.1 Å². The Kier molecular flexibility index (Phi) is 6.42. The molecule has 13 heteroatoms. The Bertz CT molecular complexity index is 1350. The Morgan fingerprint density at radius 1 is 0.700 bits per heavy atom. The van der Waals surface area contributed by atoms with Crippen LogP contribution < -0.4 is 0 Å². The number of aromatic carboxylic acids is 1. The smallest absolute Gasteiger partial charge is 0.348 e. The standard InChI is InChI=1S/C27H19NO12/c29-21(30)17-5-1-15(2-6-17)13-19-22(31)37-26(38-23(19)32)9-11-27(12-10-26)39-24(33)20(25(34)40-27)14-16-3-7-18(8-4-16)28(35)36/h1-8,13-14H,9-12H2,(H,29,30). The van der Waals surface area contributed by atoms with E-state index in [0.717, 1.165) is 0 Å². The van der Waals surface area contributed by atoms with E-state index in [1.807, 2.05) is 0 Å². The Morgan fingerprint density at radius 2 is 1.05 bits per heavy atom. The second-order valence-corrected chi connectivity index (χ2v) is 9.27. The number of rotatable bonds is 4. The van der Waals surface area contributed by atoms with Crippen LogP contribution in [0.5, 0.6) is 0 Å². The maximum absolute atomic E-state index is 12.7. The second-order valence-electron chi connectivity index (χ2n) is 9.27. The highest BCUT2D eigenvalue weighted by molar-refractivity contribution is 6.19. The van der Waals surface area contributed by atoms with Crippen LogP contribution in [0, 0.1) is 10.1 Å². The summed E-state index contributed by atoms with van der Waals surface area (Å²) in [6.45, 7) is 0. The van der Waals surface area contributed by atoms with Gasteiger partial charge in [-0.15, -0.1) is 0 Å². The van der Waals surface area contributed by atoms with Gasteiger partial charge in [0.25, 0.3) is 17.3 Å². The molecule has 0 aromatic heterocycles. The van der Waals surface area contributed by atoms with Crippen LogP contribution in [0.15, 0.2) is 59.7 Å². The number of ether oxygens (including phenoxy) is 4. The molecule has 2 saturated heterocycles. The minimum Gasteiger partial charge on any atom is -0.478 e. The van der Waals surface area contributed by atoms with Gasteiger partial charge in [0.1, 0.15) is 11.1 Å². The number of non-ortho nitro benzene ring substituents is 1. The highest BCUT2D eigenvalue weighted by Crippen LogP contribution is 2.45. The van der Waals surface area contributed by atoms with Gasteiger partial charge in [0.05, 0.1) is 10.5 Å². The van der Waals surface area contributed by atoms with E-state index in [2.05, 4.69) is 0 Å². The van der Waals surface area contributed by atoms with E-state index in [1.54, 1.807) is 0 Å². The molecule has 2 aromatic rings. The van der Waals surface area contributed by atoms with E-state index in [-0.39, 0.29) is 42.5 Å². The van der Waals surface area contributed by atoms with Gasteiger partial charge in [-0.3, -0.25) is 10.1 Å². The molecule has 0 amide bonds. The van der Waals surface area contributed by atoms with Gasteiger partial charge in [-0.2, -0.15) is 0 Å². The number of hydrogen-bond donors (Lipinski definition) is 1. The minimum atomic E-state index is -1.65. The number of benzene rings is 2. The molecule has 1 saturated carbocycles. The molecule has 3 fully saturated rings. The van der Waals surface area contributed by atoms with E-state index in [4.69, 9.17) is 24.1 Å². The summed E-state index contributed by atoms with van der Waals surface area (Å²) in [6, 6.07) is 10.6. The predicted octanol–water partition coefficient (Wildman–Crippen LogP) is 2.93. The van der Waals surface area contributed by atoms with E-state index >= 15 is 0 Å². The Morgan fingerprint density at radius 3 is 1.38 bits per heavy atom. The molecule has 1 N–H and O–H groups in total. The monoisotopic (exact) mass is 549 g/mol. The predicted molar refractivity (Wildman–Crippen MR) is 131 cm³/mol. The third kappa shape index (κ3) is 5.04. The third-order valence-corrected chi connectivity index (χ3v) is 6.65. The first-order chi connectivity index (χ1) is 19.0. The fourth-order valence-electron chi connectivity index (χ4n) is 4.51. The molecule has 2 heterocycles. The fraction of sp³-hybridized carbons (Fsp3) is 0.222. The van der Waals surface area contributed by atoms with Gasteiger partial charge < -0.3 is 24.1 Å². The average Bonchev–Trinajstić information content (AvgIpc) is 2.91. The van der Waals surface area contributed by atoms with Gasteiger partial charge >= 0.3 is 29.8 Å². The van der Waals surface area contributed by atoms with Gasteiger partial charge in [-0.25, -0.2) is 24.0 Å². The van der Waals surface area contributed by atoms with Crippen molar-refractivity contribution in [2.75, 3.05) is 0 Å². The zero-order valence-electron chi connectivity index (χ0n) is 20.5. The van der Waals surface area contributed by atoms with Gasteiger partial charge in [0.2, 0.25) is 0 Å². The number of hydrogen-bond acceptors (Lipinski definition) is 11. The molecule has 2 aromatic carbocycles. The molecular weight excluding hydrogens is 530 g/mol. The zero-order valence-corrected chi connectivity index (χ0v) is 20.5. The summed E-state index contributed by atoms with van der Waals surface area (Å²) in [7, 11) is 0. The van der Waals surface area contributed by atoms with Gasteiger partial charge in [0.15, 0.2) is 0 Å². The highest BCUT2D eigenvalue weighted by atomic mass is 16.8. The lowest BCUT2D eigenvalue weighted by Crippen LogP contribution is -2.56. The normalized spacial score (nSPS) is 24.1. The summed E-state index contributed by atoms with van der Waals surface area (Å²) in [4.78, 5) is 72.0. The summed E-state index contributed by atoms with van der Waals surface area (Å²) in [6.07, 6.45) is 1.94. The van der Waals surface area contributed by atoms with E-state index in [1.165, 1.54) is 60.7 Å². The maximum Gasteiger partial charge on any atom is 0.348 e. The first kappa shape index (κ1) is 26.3. The summed E-state index contributed by atoms with van der Waals surface area (Å²) >= 11 is 0. The van der Waals surface area contributed by atoms with Gasteiger partial charge in [-0.1, -0.05) is 12.1 Å². The average molecular weight is 549 g/mol. The molecule has 2 spiro atoms. The van der Waals surface area contributed by atoms with Crippen molar-refractivity contribution in [3.8, 4) is 0 Å². The van der Waals surface area contributed by atoms with Crippen LogP contribution in [0.3, 0.4) is 0 Å². The molecule has 1 aliphatic carbocycles. The Hall–Kier alpha value is -5.33. The maximum atomic E-state index is 12.7. The Balaban J connectivity index is 1.25. The molecule has 40 heavy (non-hydrogen) atoms. The topological polar surface area (TPSA) is 186 Å². The molecule has 13 nitrogen and oxygen atoms in total. The summed E-state index contributed by atoms with van der Waals surface area (Å²) in [5.74, 6) is -8.21. The third-order valence-electron chi connectivity index (χ3n) is 6.65. The molecule has 5 rings (SSSR count). The lowest BCUT2D eigenvalue weighted by Gasteiger charge is -2.46. The van der Waals surface area contributed by atoms with Crippen LogP contribution >= 0.6 is 0 Å². The molecule has 2 aliphatic heterocycles. The van der Waals surface area contributed by atoms with Crippen LogP contribution in [0.2, 0.25) is 0 Å². The van der Waals surface area contributed by atoms with Crippen LogP contribution in [-0.4, -0.2) is 51.5 Å². The molecule has 0 atom stereocenters. The number of carbonyl (C=O) groups is 5.